The Bertz CT molecular complexity index is 1070. The number of methoxy groups -OCH3 is 1. The number of benzene rings is 1. The Hall–Kier alpha value is -3.09. The van der Waals surface area contributed by atoms with Gasteiger partial charge in [0.1, 0.15) is 17.9 Å². The molecule has 1 aliphatic carbocycles. The molecule has 2 aliphatic rings. The van der Waals surface area contributed by atoms with Gasteiger partial charge >= 0.3 is 5.97 Å². The van der Waals surface area contributed by atoms with Gasteiger partial charge < -0.3 is 20.1 Å². The van der Waals surface area contributed by atoms with Crippen molar-refractivity contribution in [2.45, 2.75) is 129 Å². The van der Waals surface area contributed by atoms with Crippen molar-refractivity contribution in [1.29, 1.82) is 0 Å². The van der Waals surface area contributed by atoms with E-state index in [0.29, 0.717) is 12.8 Å². The summed E-state index contributed by atoms with van der Waals surface area (Å²) in [5, 5.41) is 5.95. The second-order valence-corrected chi connectivity index (χ2v) is 12.0. The SMILES string of the molecule is COc1cc2cc(c1)NC(=O)CCCCCCC=CC[C@H](OC(=O)[C@H](C)NC(=O)C1CCCCC1)CC/C(C)=C/CC2. The van der Waals surface area contributed by atoms with Gasteiger partial charge in [0.15, 0.2) is 0 Å². The average Bonchev–Trinajstić information content (AvgIpc) is 2.98. The van der Waals surface area contributed by atoms with Crippen molar-refractivity contribution >= 4 is 23.5 Å². The molecule has 0 spiro atoms. The molecule has 1 aliphatic heterocycles. The minimum Gasteiger partial charge on any atom is -0.497 e. The van der Waals surface area contributed by atoms with Crippen LogP contribution in [0.5, 0.6) is 5.75 Å². The van der Waals surface area contributed by atoms with Crippen LogP contribution in [-0.4, -0.2) is 37.0 Å². The zero-order valence-corrected chi connectivity index (χ0v) is 26.1. The van der Waals surface area contributed by atoms with Crippen molar-refractivity contribution in [1.82, 2.24) is 5.32 Å². The number of carbonyl (C=O) groups excluding carboxylic acids is 3. The van der Waals surface area contributed by atoms with E-state index in [9.17, 15) is 14.4 Å². The van der Waals surface area contributed by atoms with Gasteiger partial charge in [0.2, 0.25) is 11.8 Å². The Morgan fingerprint density at radius 3 is 2.45 bits per heavy atom. The van der Waals surface area contributed by atoms with Crippen LogP contribution in [0.15, 0.2) is 42.0 Å². The molecule has 1 fully saturated rings. The van der Waals surface area contributed by atoms with E-state index in [1.165, 1.54) is 12.0 Å². The van der Waals surface area contributed by atoms with Crippen LogP contribution in [0.2, 0.25) is 0 Å². The molecule has 1 aromatic rings. The van der Waals surface area contributed by atoms with E-state index in [1.807, 2.05) is 18.2 Å². The molecule has 1 heterocycles. The van der Waals surface area contributed by atoms with Gasteiger partial charge in [-0.15, -0.1) is 0 Å². The van der Waals surface area contributed by atoms with Crippen LogP contribution in [0, 0.1) is 5.92 Å². The normalized spacial score (nSPS) is 22.4. The van der Waals surface area contributed by atoms with Crippen LogP contribution in [0.1, 0.15) is 116 Å². The quantitative estimate of drug-likeness (QED) is 0.276. The standard InChI is InChI=1S/C35H52N2O5/c1-26-15-14-16-28-23-30(25-32(24-28)41-3)37-33(38)20-13-8-6-4-5-7-12-19-31(22-21-26)42-35(40)27(2)36-34(39)29-17-10-9-11-18-29/h7,12,15,23-25,27,29,31H,4-6,8-11,13-14,16-22H2,1-3H3,(H,36,39)(H,37,38)/b12-7?,26-15+/t27-,31-/m0/s1. The summed E-state index contributed by atoms with van der Waals surface area (Å²) in [5.74, 6) is 0.413. The molecule has 2 amide bonds. The summed E-state index contributed by atoms with van der Waals surface area (Å²) in [6.45, 7) is 3.85. The van der Waals surface area contributed by atoms with Gasteiger partial charge in [0.05, 0.1) is 7.11 Å². The van der Waals surface area contributed by atoms with Crippen molar-refractivity contribution in [3.8, 4) is 5.75 Å². The highest BCUT2D eigenvalue weighted by Gasteiger charge is 2.26. The summed E-state index contributed by atoms with van der Waals surface area (Å²) in [7, 11) is 1.64. The third-order valence-corrected chi connectivity index (χ3v) is 8.33. The molecule has 3 rings (SSSR count). The summed E-state index contributed by atoms with van der Waals surface area (Å²) < 4.78 is 11.4. The monoisotopic (exact) mass is 580 g/mol. The zero-order valence-electron chi connectivity index (χ0n) is 26.1. The van der Waals surface area contributed by atoms with Crippen LogP contribution in [-0.2, 0) is 25.5 Å². The third kappa shape index (κ3) is 12.4. The smallest absolute Gasteiger partial charge is 0.328 e. The number of fused-ring (bicyclic) bond motifs is 2. The highest BCUT2D eigenvalue weighted by Crippen LogP contribution is 2.25. The number of ether oxygens (including phenoxy) is 2. The molecule has 0 unspecified atom stereocenters. The van der Waals surface area contributed by atoms with Crippen molar-refractivity contribution in [3.05, 3.63) is 47.6 Å². The van der Waals surface area contributed by atoms with Crippen LogP contribution >= 0.6 is 0 Å². The highest BCUT2D eigenvalue weighted by molar-refractivity contribution is 5.91. The van der Waals surface area contributed by atoms with Crippen LogP contribution in [0.25, 0.3) is 0 Å². The summed E-state index contributed by atoms with van der Waals surface area (Å²) in [4.78, 5) is 38.1. The summed E-state index contributed by atoms with van der Waals surface area (Å²) >= 11 is 0. The first-order valence-corrected chi connectivity index (χ1v) is 16.1. The first kappa shape index (κ1) is 33.4. The molecule has 0 aromatic heterocycles. The van der Waals surface area contributed by atoms with Crippen molar-refractivity contribution < 1.29 is 23.9 Å². The molecule has 1 saturated carbocycles. The molecule has 7 heteroatoms. The molecule has 42 heavy (non-hydrogen) atoms. The molecular formula is C35H52N2O5. The van der Waals surface area contributed by atoms with Crippen LogP contribution in [0.4, 0.5) is 5.69 Å². The molecule has 232 valence electrons. The molecule has 2 N–H and O–H groups in total. The van der Waals surface area contributed by atoms with Crippen LogP contribution in [0.3, 0.4) is 0 Å². The van der Waals surface area contributed by atoms with Crippen molar-refractivity contribution in [2.24, 2.45) is 5.92 Å². The fourth-order valence-corrected chi connectivity index (χ4v) is 5.71. The number of esters is 1. The Labute approximate surface area is 252 Å². The van der Waals surface area contributed by atoms with Gasteiger partial charge in [-0.25, -0.2) is 4.79 Å². The lowest BCUT2D eigenvalue weighted by Crippen LogP contribution is -2.43. The molecular weight excluding hydrogens is 528 g/mol. The second kappa shape index (κ2) is 18.4. The molecule has 0 saturated heterocycles. The van der Waals surface area contributed by atoms with E-state index in [2.05, 4.69) is 35.8 Å². The Kier molecular flexibility index (Phi) is 14.7. The number of hydrogen-bond donors (Lipinski definition) is 2. The minimum atomic E-state index is -0.653. The van der Waals surface area contributed by atoms with E-state index in [-0.39, 0.29) is 29.8 Å². The summed E-state index contributed by atoms with van der Waals surface area (Å²) in [6.07, 6.45) is 20.9. The average molecular weight is 581 g/mol. The zero-order chi connectivity index (χ0) is 30.2. The van der Waals surface area contributed by atoms with Crippen molar-refractivity contribution in [3.63, 3.8) is 0 Å². The number of hydrogen-bond acceptors (Lipinski definition) is 5. The summed E-state index contributed by atoms with van der Waals surface area (Å²) in [5.41, 5.74) is 3.14. The first-order chi connectivity index (χ1) is 20.3. The lowest BCUT2D eigenvalue weighted by Gasteiger charge is -2.24. The summed E-state index contributed by atoms with van der Waals surface area (Å²) in [6, 6.07) is 5.26. The van der Waals surface area contributed by atoms with E-state index in [4.69, 9.17) is 9.47 Å². The van der Waals surface area contributed by atoms with Crippen LogP contribution < -0.4 is 15.4 Å². The predicted octanol–water partition coefficient (Wildman–Crippen LogP) is 7.59. The Balaban J connectivity index is 1.62. The molecule has 1 aromatic carbocycles. The van der Waals surface area contributed by atoms with Gasteiger partial charge in [0.25, 0.3) is 0 Å². The fraction of sp³-hybridized carbons (Fsp3) is 0.629. The number of aryl methyl sites for hydroxylation is 1. The maximum atomic E-state index is 13.0. The number of anilines is 1. The predicted molar refractivity (Wildman–Crippen MR) is 168 cm³/mol. The maximum absolute atomic E-state index is 13.0. The number of rotatable bonds is 5. The highest BCUT2D eigenvalue weighted by atomic mass is 16.5. The molecule has 0 radical (unpaired) electrons. The number of nitrogens with one attached hydrogen (secondary N) is 2. The Morgan fingerprint density at radius 1 is 0.905 bits per heavy atom. The van der Waals surface area contributed by atoms with E-state index >= 15 is 0 Å². The van der Waals surface area contributed by atoms with Crippen molar-refractivity contribution in [2.75, 3.05) is 12.4 Å². The lowest BCUT2D eigenvalue weighted by atomic mass is 9.88. The first-order valence-electron chi connectivity index (χ1n) is 16.1. The molecule has 2 atom stereocenters. The number of carbonyl (C=O) groups is 3. The second-order valence-electron chi connectivity index (χ2n) is 12.0. The maximum Gasteiger partial charge on any atom is 0.328 e. The van der Waals surface area contributed by atoms with Gasteiger partial charge in [-0.3, -0.25) is 9.59 Å². The largest absolute Gasteiger partial charge is 0.497 e. The number of amides is 2. The van der Waals surface area contributed by atoms with Gasteiger partial charge in [-0.2, -0.15) is 0 Å². The van der Waals surface area contributed by atoms with E-state index in [0.717, 1.165) is 100 Å². The molecule has 7 nitrogen and oxygen atoms in total. The molecule has 2 bridgehead atoms. The number of allylic oxidation sites excluding steroid dienone is 3. The Morgan fingerprint density at radius 2 is 1.67 bits per heavy atom. The van der Waals surface area contributed by atoms with Gasteiger partial charge in [-0.05, 0) is 89.3 Å². The van der Waals surface area contributed by atoms with Gasteiger partial charge in [-0.1, -0.05) is 55.9 Å². The lowest BCUT2D eigenvalue weighted by molar-refractivity contribution is -0.153. The van der Waals surface area contributed by atoms with E-state index in [1.54, 1.807) is 14.0 Å². The van der Waals surface area contributed by atoms with E-state index < -0.39 is 6.04 Å². The van der Waals surface area contributed by atoms with Gasteiger partial charge in [0, 0.05) is 30.5 Å². The fourth-order valence-electron chi connectivity index (χ4n) is 5.71. The third-order valence-electron chi connectivity index (χ3n) is 8.33. The topological polar surface area (TPSA) is 93.7 Å². The minimum absolute atomic E-state index is 0.0132.